The third kappa shape index (κ3) is 4.31. The van der Waals surface area contributed by atoms with Crippen molar-refractivity contribution in [1.29, 1.82) is 0 Å². The highest BCUT2D eigenvalue weighted by Crippen LogP contribution is 2.60. The molecule has 1 fully saturated rings. The summed E-state index contributed by atoms with van der Waals surface area (Å²) in [6.45, 7) is 0. The average Bonchev–Trinajstić information content (AvgIpc) is 4.04. The van der Waals surface area contributed by atoms with Crippen molar-refractivity contribution in [3.63, 3.8) is 0 Å². The van der Waals surface area contributed by atoms with Crippen molar-refractivity contribution >= 4 is 48.6 Å². The van der Waals surface area contributed by atoms with Crippen molar-refractivity contribution in [2.75, 3.05) is 4.90 Å². The standard InChI is InChI=1S/C54H39NS/c1-3-16-36(17-4-1)54(46-24-11-7-20-40(46)41-21-8-12-25-47(41)54)37-28-30-42-44-35-39(29-31-50(44)56-51(42)34-37)55(38-18-5-2-6-19-38)49-27-15-26-48-52(49)43-22-9-10-23-45(43)53(48)32-13-14-33-53/h1-12,15-31,34-35H,13-14,32-33H2. The Labute approximate surface area is 332 Å². The second kappa shape index (κ2) is 12.1. The molecule has 8 aromatic carbocycles. The minimum atomic E-state index is -0.408. The predicted octanol–water partition coefficient (Wildman–Crippen LogP) is 14.7. The van der Waals surface area contributed by atoms with Gasteiger partial charge in [-0.3, -0.25) is 0 Å². The predicted molar refractivity (Wildman–Crippen MR) is 236 cm³/mol. The molecule has 2 heteroatoms. The Morgan fingerprint density at radius 3 is 1.77 bits per heavy atom. The topological polar surface area (TPSA) is 3.24 Å². The van der Waals surface area contributed by atoms with Crippen LogP contribution >= 0.6 is 11.3 Å². The van der Waals surface area contributed by atoms with Gasteiger partial charge in [0.1, 0.15) is 0 Å². The van der Waals surface area contributed by atoms with Gasteiger partial charge in [-0.25, -0.2) is 0 Å². The van der Waals surface area contributed by atoms with Crippen LogP contribution in [0.3, 0.4) is 0 Å². The van der Waals surface area contributed by atoms with Gasteiger partial charge in [0.2, 0.25) is 0 Å². The molecule has 56 heavy (non-hydrogen) atoms. The molecule has 0 radical (unpaired) electrons. The first-order valence-electron chi connectivity index (χ1n) is 20.1. The Hall–Kier alpha value is -6.22. The van der Waals surface area contributed by atoms with E-state index in [0.29, 0.717) is 0 Å². The van der Waals surface area contributed by atoms with Crippen molar-refractivity contribution < 1.29 is 0 Å². The summed E-state index contributed by atoms with van der Waals surface area (Å²) in [6, 6.07) is 70.9. The average molecular weight is 734 g/mol. The molecule has 0 unspecified atom stereocenters. The van der Waals surface area contributed by atoms with Gasteiger partial charge in [-0.15, -0.1) is 11.3 Å². The van der Waals surface area contributed by atoms with Crippen LogP contribution in [0, 0.1) is 0 Å². The van der Waals surface area contributed by atoms with E-state index in [2.05, 4.69) is 193 Å². The van der Waals surface area contributed by atoms with Crippen LogP contribution in [0.2, 0.25) is 0 Å². The lowest BCUT2D eigenvalue weighted by Gasteiger charge is -2.33. The third-order valence-electron chi connectivity index (χ3n) is 13.3. The van der Waals surface area contributed by atoms with Gasteiger partial charge in [0.15, 0.2) is 0 Å². The minimum absolute atomic E-state index is 0.118. The first-order chi connectivity index (χ1) is 27.8. The number of thiophene rings is 1. The molecule has 1 nitrogen and oxygen atoms in total. The lowest BCUT2D eigenvalue weighted by atomic mass is 9.67. The number of anilines is 3. The van der Waals surface area contributed by atoms with Crippen LogP contribution in [0.1, 0.15) is 59.1 Å². The molecule has 0 N–H and O–H groups in total. The lowest BCUT2D eigenvalue weighted by Crippen LogP contribution is -2.28. The van der Waals surface area contributed by atoms with E-state index in [1.54, 1.807) is 0 Å². The molecule has 1 saturated carbocycles. The molecule has 0 aliphatic heterocycles. The van der Waals surface area contributed by atoms with Crippen LogP contribution in [0.25, 0.3) is 42.4 Å². The first kappa shape index (κ1) is 32.1. The van der Waals surface area contributed by atoms with Crippen molar-refractivity contribution in [2.45, 2.75) is 36.5 Å². The molecule has 3 aliphatic carbocycles. The number of rotatable bonds is 5. The largest absolute Gasteiger partial charge is 0.310 e. The highest BCUT2D eigenvalue weighted by molar-refractivity contribution is 7.25. The molecule has 0 saturated heterocycles. The van der Waals surface area contributed by atoms with Crippen molar-refractivity contribution in [1.82, 2.24) is 0 Å². The highest BCUT2D eigenvalue weighted by atomic mass is 32.1. The maximum atomic E-state index is 2.51. The Bertz CT molecular complexity index is 2940. The van der Waals surface area contributed by atoms with E-state index < -0.39 is 5.41 Å². The summed E-state index contributed by atoms with van der Waals surface area (Å²) in [5.41, 5.74) is 17.1. The van der Waals surface area contributed by atoms with Crippen molar-refractivity contribution in [2.24, 2.45) is 0 Å². The highest BCUT2D eigenvalue weighted by Gasteiger charge is 2.47. The van der Waals surface area contributed by atoms with Gasteiger partial charge in [-0.1, -0.05) is 158 Å². The lowest BCUT2D eigenvalue weighted by molar-refractivity contribution is 0.550. The van der Waals surface area contributed by atoms with Crippen LogP contribution in [-0.2, 0) is 10.8 Å². The van der Waals surface area contributed by atoms with Gasteiger partial charge in [0.25, 0.3) is 0 Å². The molecule has 12 rings (SSSR count). The summed E-state index contributed by atoms with van der Waals surface area (Å²) in [6.07, 6.45) is 5.03. The number of hydrogen-bond donors (Lipinski definition) is 0. The fourth-order valence-corrected chi connectivity index (χ4v) is 12.2. The van der Waals surface area contributed by atoms with Gasteiger partial charge in [-0.2, -0.15) is 0 Å². The number of para-hydroxylation sites is 1. The maximum absolute atomic E-state index is 2.51. The summed E-state index contributed by atoms with van der Waals surface area (Å²) in [5.74, 6) is 0. The molecule has 266 valence electrons. The molecule has 0 amide bonds. The van der Waals surface area contributed by atoms with Crippen molar-refractivity contribution in [3.8, 4) is 22.3 Å². The summed E-state index contributed by atoms with van der Waals surface area (Å²) in [4.78, 5) is 2.51. The van der Waals surface area contributed by atoms with Gasteiger partial charge in [0.05, 0.1) is 11.1 Å². The first-order valence-corrected chi connectivity index (χ1v) is 20.9. The number of benzene rings is 8. The second-order valence-corrected chi connectivity index (χ2v) is 17.0. The molecular formula is C54H39NS. The molecule has 1 aromatic heterocycles. The van der Waals surface area contributed by atoms with Crippen LogP contribution < -0.4 is 4.90 Å². The van der Waals surface area contributed by atoms with Crippen LogP contribution in [0.15, 0.2) is 188 Å². The number of hydrogen-bond acceptors (Lipinski definition) is 2. The second-order valence-electron chi connectivity index (χ2n) is 15.9. The molecule has 1 heterocycles. The normalized spacial score (nSPS) is 15.5. The van der Waals surface area contributed by atoms with Gasteiger partial charge in [0, 0.05) is 42.5 Å². The molecular weight excluding hydrogens is 695 g/mol. The number of fused-ring (bicyclic) bond motifs is 11. The van der Waals surface area contributed by atoms with Crippen LogP contribution in [0.5, 0.6) is 0 Å². The molecule has 0 bridgehead atoms. The summed E-state index contributed by atoms with van der Waals surface area (Å²) < 4.78 is 2.62. The van der Waals surface area contributed by atoms with Crippen LogP contribution in [0.4, 0.5) is 17.1 Å². The quantitative estimate of drug-likeness (QED) is 0.170. The van der Waals surface area contributed by atoms with Crippen LogP contribution in [-0.4, -0.2) is 0 Å². The molecule has 3 aliphatic rings. The number of nitrogens with zero attached hydrogens (tertiary/aromatic N) is 1. The SMILES string of the molecule is c1ccc(N(c2ccc3sc4cc(C5(c6ccccc6)c6ccccc6-c6ccccc65)ccc4c3c2)c2cccc3c2-c2ccccc2C32CCCC2)cc1. The van der Waals surface area contributed by atoms with E-state index in [0.717, 1.165) is 0 Å². The third-order valence-corrected chi connectivity index (χ3v) is 14.4. The Morgan fingerprint density at radius 1 is 0.411 bits per heavy atom. The van der Waals surface area contributed by atoms with E-state index >= 15 is 0 Å². The van der Waals surface area contributed by atoms with E-state index in [4.69, 9.17) is 0 Å². The minimum Gasteiger partial charge on any atom is -0.310 e. The fourth-order valence-electron chi connectivity index (χ4n) is 11.0. The zero-order chi connectivity index (χ0) is 36.8. The zero-order valence-corrected chi connectivity index (χ0v) is 31.9. The van der Waals surface area contributed by atoms with E-state index in [1.807, 2.05) is 11.3 Å². The summed E-state index contributed by atoms with van der Waals surface area (Å²) >= 11 is 1.91. The Kier molecular flexibility index (Phi) is 6.95. The van der Waals surface area contributed by atoms with Gasteiger partial charge < -0.3 is 4.90 Å². The summed E-state index contributed by atoms with van der Waals surface area (Å²) in [7, 11) is 0. The summed E-state index contributed by atoms with van der Waals surface area (Å²) in [5, 5.41) is 2.61. The maximum Gasteiger partial charge on any atom is 0.0714 e. The Morgan fingerprint density at radius 2 is 1.04 bits per heavy atom. The fraction of sp³-hybridized carbons (Fsp3) is 0.111. The Balaban J connectivity index is 1.06. The van der Waals surface area contributed by atoms with Gasteiger partial charge >= 0.3 is 0 Å². The van der Waals surface area contributed by atoms with E-state index in [-0.39, 0.29) is 5.41 Å². The van der Waals surface area contributed by atoms with E-state index in [9.17, 15) is 0 Å². The molecule has 1 spiro atoms. The molecule has 0 atom stereocenters. The smallest absolute Gasteiger partial charge is 0.0714 e. The van der Waals surface area contributed by atoms with E-state index in [1.165, 1.54) is 119 Å². The monoisotopic (exact) mass is 733 g/mol. The zero-order valence-electron chi connectivity index (χ0n) is 31.1. The van der Waals surface area contributed by atoms with Crippen molar-refractivity contribution in [3.05, 3.63) is 221 Å². The van der Waals surface area contributed by atoms with Gasteiger partial charge in [-0.05, 0) is 105 Å². The molecule has 9 aromatic rings.